The van der Waals surface area contributed by atoms with E-state index in [0.717, 1.165) is 30.0 Å². The molecule has 1 aromatic carbocycles. The Kier molecular flexibility index (Phi) is 3.44. The van der Waals surface area contributed by atoms with Crippen LogP contribution in [0, 0.1) is 5.92 Å². The van der Waals surface area contributed by atoms with E-state index >= 15 is 0 Å². The van der Waals surface area contributed by atoms with Crippen LogP contribution in [0.25, 0.3) is 11.1 Å². The predicted molar refractivity (Wildman–Crippen MR) is 66.6 cm³/mol. The first-order valence-electron chi connectivity index (χ1n) is 5.85. The van der Waals surface area contributed by atoms with Gasteiger partial charge in [0.25, 0.3) is 6.01 Å². The third kappa shape index (κ3) is 2.75. The summed E-state index contributed by atoms with van der Waals surface area (Å²) in [5.41, 5.74) is 1.75. The number of fused-ring (bicyclic) bond motifs is 1. The van der Waals surface area contributed by atoms with Crippen molar-refractivity contribution in [3.05, 3.63) is 24.3 Å². The number of hydrogen-bond acceptors (Lipinski definition) is 3. The second-order valence-corrected chi connectivity index (χ2v) is 4.45. The number of nitrogens with zero attached hydrogens (tertiary/aromatic N) is 1. The number of oxazole rings is 1. The largest absolute Gasteiger partial charge is 0.424 e. The molecule has 0 spiro atoms. The van der Waals surface area contributed by atoms with Crippen molar-refractivity contribution in [2.24, 2.45) is 5.92 Å². The van der Waals surface area contributed by atoms with Gasteiger partial charge < -0.3 is 9.73 Å². The Morgan fingerprint density at radius 3 is 2.88 bits per heavy atom. The first-order valence-corrected chi connectivity index (χ1v) is 5.85. The van der Waals surface area contributed by atoms with E-state index in [1.807, 2.05) is 24.3 Å². The third-order valence-corrected chi connectivity index (χ3v) is 2.53. The third-order valence-electron chi connectivity index (χ3n) is 2.53. The minimum absolute atomic E-state index is 0.630. The molecule has 2 aromatic rings. The number of para-hydroxylation sites is 2. The van der Waals surface area contributed by atoms with E-state index in [1.54, 1.807) is 0 Å². The molecule has 3 nitrogen and oxygen atoms in total. The fourth-order valence-corrected chi connectivity index (χ4v) is 1.65. The summed E-state index contributed by atoms with van der Waals surface area (Å²) >= 11 is 0. The highest BCUT2D eigenvalue weighted by Crippen LogP contribution is 2.18. The molecule has 86 valence electrons. The Morgan fingerprint density at radius 2 is 2.12 bits per heavy atom. The predicted octanol–water partition coefficient (Wildman–Crippen LogP) is 3.68. The minimum Gasteiger partial charge on any atom is -0.424 e. The molecular weight excluding hydrogens is 200 g/mol. The van der Waals surface area contributed by atoms with Gasteiger partial charge in [0, 0.05) is 6.54 Å². The zero-order valence-corrected chi connectivity index (χ0v) is 9.86. The molecule has 1 heterocycles. The van der Waals surface area contributed by atoms with Crippen LogP contribution in [-0.2, 0) is 0 Å². The van der Waals surface area contributed by atoms with Gasteiger partial charge in [-0.3, -0.25) is 0 Å². The molecule has 0 amide bonds. The van der Waals surface area contributed by atoms with E-state index in [4.69, 9.17) is 4.42 Å². The van der Waals surface area contributed by atoms with E-state index in [2.05, 4.69) is 24.1 Å². The van der Waals surface area contributed by atoms with Crippen molar-refractivity contribution in [2.75, 3.05) is 11.9 Å². The van der Waals surface area contributed by atoms with E-state index in [0.29, 0.717) is 6.01 Å². The summed E-state index contributed by atoms with van der Waals surface area (Å²) in [7, 11) is 0. The van der Waals surface area contributed by atoms with Crippen LogP contribution >= 0.6 is 0 Å². The quantitative estimate of drug-likeness (QED) is 0.778. The van der Waals surface area contributed by atoms with Crippen LogP contribution < -0.4 is 5.32 Å². The smallest absolute Gasteiger partial charge is 0.295 e. The fourth-order valence-electron chi connectivity index (χ4n) is 1.65. The maximum Gasteiger partial charge on any atom is 0.295 e. The Morgan fingerprint density at radius 1 is 1.31 bits per heavy atom. The van der Waals surface area contributed by atoms with E-state index in [-0.39, 0.29) is 0 Å². The summed E-state index contributed by atoms with van der Waals surface area (Å²) in [5, 5.41) is 3.21. The van der Waals surface area contributed by atoms with E-state index in [1.165, 1.54) is 6.42 Å². The lowest BCUT2D eigenvalue weighted by Gasteiger charge is -2.03. The first-order chi connectivity index (χ1) is 7.75. The Balaban J connectivity index is 1.89. The van der Waals surface area contributed by atoms with Crippen LogP contribution in [0.3, 0.4) is 0 Å². The number of aromatic nitrogens is 1. The molecule has 0 radical (unpaired) electrons. The Bertz CT molecular complexity index is 415. The number of anilines is 1. The fraction of sp³-hybridized carbons (Fsp3) is 0.462. The number of hydrogen-bond donors (Lipinski definition) is 1. The lowest BCUT2D eigenvalue weighted by atomic mass is 10.1. The summed E-state index contributed by atoms with van der Waals surface area (Å²) in [6, 6.07) is 8.44. The molecule has 0 saturated carbocycles. The topological polar surface area (TPSA) is 38.1 Å². The molecule has 0 bridgehead atoms. The number of rotatable bonds is 5. The van der Waals surface area contributed by atoms with Crippen LogP contribution in [0.15, 0.2) is 28.7 Å². The molecule has 16 heavy (non-hydrogen) atoms. The molecule has 0 fully saturated rings. The zero-order chi connectivity index (χ0) is 11.4. The van der Waals surface area contributed by atoms with E-state index in [9.17, 15) is 0 Å². The van der Waals surface area contributed by atoms with Crippen molar-refractivity contribution in [3.8, 4) is 0 Å². The second kappa shape index (κ2) is 5.01. The molecule has 0 saturated heterocycles. The molecule has 0 aliphatic rings. The Hall–Kier alpha value is -1.51. The van der Waals surface area contributed by atoms with Gasteiger partial charge in [0.1, 0.15) is 5.52 Å². The van der Waals surface area contributed by atoms with Crippen LogP contribution in [0.5, 0.6) is 0 Å². The van der Waals surface area contributed by atoms with Crippen LogP contribution in [0.4, 0.5) is 6.01 Å². The molecule has 0 unspecified atom stereocenters. The van der Waals surface area contributed by atoms with Gasteiger partial charge >= 0.3 is 0 Å². The van der Waals surface area contributed by atoms with Gasteiger partial charge in [0.05, 0.1) is 0 Å². The van der Waals surface area contributed by atoms with Crippen LogP contribution in [0.1, 0.15) is 26.7 Å². The highest BCUT2D eigenvalue weighted by molar-refractivity contribution is 5.74. The molecule has 3 heteroatoms. The molecule has 0 aliphatic heterocycles. The minimum atomic E-state index is 0.630. The SMILES string of the molecule is CC(C)CCCNc1nc2ccccc2o1. The lowest BCUT2D eigenvalue weighted by Crippen LogP contribution is -2.02. The summed E-state index contributed by atoms with van der Waals surface area (Å²) in [6.07, 6.45) is 2.38. The molecule has 2 rings (SSSR count). The van der Waals surface area contributed by atoms with Gasteiger partial charge in [0.15, 0.2) is 5.58 Å². The molecule has 1 N–H and O–H groups in total. The maximum atomic E-state index is 5.55. The van der Waals surface area contributed by atoms with Crippen molar-refractivity contribution < 1.29 is 4.42 Å². The van der Waals surface area contributed by atoms with Gasteiger partial charge in [-0.05, 0) is 30.9 Å². The highest BCUT2D eigenvalue weighted by atomic mass is 16.4. The van der Waals surface area contributed by atoms with E-state index < -0.39 is 0 Å². The van der Waals surface area contributed by atoms with Gasteiger partial charge in [0.2, 0.25) is 0 Å². The van der Waals surface area contributed by atoms with Crippen molar-refractivity contribution in [1.29, 1.82) is 0 Å². The number of nitrogens with one attached hydrogen (secondary N) is 1. The van der Waals surface area contributed by atoms with Crippen molar-refractivity contribution in [3.63, 3.8) is 0 Å². The van der Waals surface area contributed by atoms with Crippen molar-refractivity contribution >= 4 is 17.1 Å². The van der Waals surface area contributed by atoms with Crippen molar-refractivity contribution in [2.45, 2.75) is 26.7 Å². The molecule has 0 atom stereocenters. The second-order valence-electron chi connectivity index (χ2n) is 4.45. The molecule has 1 aromatic heterocycles. The summed E-state index contributed by atoms with van der Waals surface area (Å²) in [4.78, 5) is 4.35. The highest BCUT2D eigenvalue weighted by Gasteiger charge is 2.03. The van der Waals surface area contributed by atoms with Gasteiger partial charge in [-0.25, -0.2) is 0 Å². The van der Waals surface area contributed by atoms with Gasteiger partial charge in [-0.1, -0.05) is 26.0 Å². The summed E-state index contributed by atoms with van der Waals surface area (Å²) < 4.78 is 5.55. The van der Waals surface area contributed by atoms with Crippen LogP contribution in [-0.4, -0.2) is 11.5 Å². The van der Waals surface area contributed by atoms with Crippen LogP contribution in [0.2, 0.25) is 0 Å². The summed E-state index contributed by atoms with van der Waals surface area (Å²) in [6.45, 7) is 5.39. The standard InChI is InChI=1S/C13H18N2O/c1-10(2)6-5-9-14-13-15-11-7-3-4-8-12(11)16-13/h3-4,7-8,10H,5-6,9H2,1-2H3,(H,14,15). The molecular formula is C13H18N2O. The average molecular weight is 218 g/mol. The zero-order valence-electron chi connectivity index (χ0n) is 9.86. The average Bonchev–Trinajstić information content (AvgIpc) is 2.66. The van der Waals surface area contributed by atoms with Gasteiger partial charge in [-0.15, -0.1) is 0 Å². The normalized spacial score (nSPS) is 11.2. The number of benzene rings is 1. The monoisotopic (exact) mass is 218 g/mol. The Labute approximate surface area is 95.9 Å². The first kappa shape index (κ1) is 11.0. The lowest BCUT2D eigenvalue weighted by molar-refractivity contribution is 0.557. The van der Waals surface area contributed by atoms with Gasteiger partial charge in [-0.2, -0.15) is 4.98 Å². The maximum absolute atomic E-state index is 5.55. The molecule has 0 aliphatic carbocycles. The summed E-state index contributed by atoms with van der Waals surface area (Å²) in [5.74, 6) is 0.755. The van der Waals surface area contributed by atoms with Crippen molar-refractivity contribution in [1.82, 2.24) is 4.98 Å².